The first-order valence-corrected chi connectivity index (χ1v) is 5.73. The molecule has 1 heterocycles. The quantitative estimate of drug-likeness (QED) is 0.748. The number of nitriles is 1. The minimum absolute atomic E-state index is 0.649. The largest absolute Gasteiger partial charge is 0.241 e. The van der Waals surface area contributed by atoms with E-state index in [9.17, 15) is 0 Å². The summed E-state index contributed by atoms with van der Waals surface area (Å²) < 4.78 is 1.76. The zero-order chi connectivity index (χ0) is 12.7. The van der Waals surface area contributed by atoms with Gasteiger partial charge in [0.15, 0.2) is 0 Å². The van der Waals surface area contributed by atoms with Crippen molar-refractivity contribution in [2.75, 3.05) is 0 Å². The molecule has 88 valence electrons. The van der Waals surface area contributed by atoms with Gasteiger partial charge >= 0.3 is 0 Å². The second-order valence-electron chi connectivity index (χ2n) is 3.83. The van der Waals surface area contributed by atoms with E-state index in [4.69, 9.17) is 5.26 Å². The van der Waals surface area contributed by atoms with E-state index in [0.29, 0.717) is 5.56 Å². The molecule has 0 N–H and O–H groups in total. The summed E-state index contributed by atoms with van der Waals surface area (Å²) in [5, 5.41) is 12.9. The van der Waals surface area contributed by atoms with Crippen molar-refractivity contribution in [2.24, 2.45) is 0 Å². The molecule has 17 heavy (non-hydrogen) atoms. The summed E-state index contributed by atoms with van der Waals surface area (Å²) in [5.41, 5.74) is 2.67. The van der Waals surface area contributed by atoms with Gasteiger partial charge in [0.2, 0.25) is 0 Å². The Kier molecular flexibility index (Phi) is 4.96. The smallest absolute Gasteiger partial charge is 0.0992 e. The zero-order valence-corrected chi connectivity index (χ0v) is 10.5. The topological polar surface area (TPSA) is 41.6 Å². The van der Waals surface area contributed by atoms with Crippen LogP contribution in [0.2, 0.25) is 0 Å². The second kappa shape index (κ2) is 6.49. The van der Waals surface area contributed by atoms with Gasteiger partial charge in [0, 0.05) is 6.20 Å². The van der Waals surface area contributed by atoms with E-state index in [2.05, 4.69) is 25.0 Å². The lowest BCUT2D eigenvalue weighted by atomic mass is 10.2. The van der Waals surface area contributed by atoms with Crippen molar-refractivity contribution in [3.8, 4) is 11.8 Å². The Morgan fingerprint density at radius 3 is 2.59 bits per heavy atom. The molecule has 0 bridgehead atoms. The summed E-state index contributed by atoms with van der Waals surface area (Å²) >= 11 is 0. The van der Waals surface area contributed by atoms with Crippen LogP contribution in [0.4, 0.5) is 0 Å². The molecule has 0 saturated heterocycles. The predicted molar refractivity (Wildman–Crippen MR) is 69.0 cm³/mol. The third-order valence-corrected chi connectivity index (χ3v) is 1.95. The summed E-state index contributed by atoms with van der Waals surface area (Å²) in [7, 11) is 0. The van der Waals surface area contributed by atoms with Crippen molar-refractivity contribution in [3.63, 3.8) is 0 Å². The summed E-state index contributed by atoms with van der Waals surface area (Å²) in [6, 6.07) is 9.47. The Morgan fingerprint density at radius 2 is 2.06 bits per heavy atom. The van der Waals surface area contributed by atoms with Gasteiger partial charge in [0.25, 0.3) is 0 Å². The summed E-state index contributed by atoms with van der Waals surface area (Å²) in [6.45, 7) is 6.23. The van der Waals surface area contributed by atoms with E-state index in [1.807, 2.05) is 31.3 Å². The number of rotatable bonds is 1. The normalized spacial score (nSPS) is 9.06. The van der Waals surface area contributed by atoms with Crippen LogP contribution >= 0.6 is 0 Å². The van der Waals surface area contributed by atoms with Crippen LogP contribution in [0, 0.1) is 18.3 Å². The molecule has 0 amide bonds. The minimum atomic E-state index is 0.649. The average molecular weight is 227 g/mol. The number of hydrogen-bond donors (Lipinski definition) is 0. The maximum atomic E-state index is 8.73. The summed E-state index contributed by atoms with van der Waals surface area (Å²) in [6.07, 6.45) is 4.97. The van der Waals surface area contributed by atoms with E-state index >= 15 is 0 Å². The molecule has 0 fully saturated rings. The van der Waals surface area contributed by atoms with Crippen molar-refractivity contribution in [3.05, 3.63) is 47.8 Å². The molecule has 0 atom stereocenters. The highest BCUT2D eigenvalue weighted by Gasteiger charge is 1.98. The SMILES string of the molecule is CCC.Cc1cnn(-c2cccc(C#N)c2)c1. The Labute approximate surface area is 102 Å². The van der Waals surface area contributed by atoms with Gasteiger partial charge in [-0.3, -0.25) is 0 Å². The average Bonchev–Trinajstić information content (AvgIpc) is 2.77. The fourth-order valence-corrected chi connectivity index (χ4v) is 1.27. The van der Waals surface area contributed by atoms with Crippen molar-refractivity contribution in [1.29, 1.82) is 5.26 Å². The number of aromatic nitrogens is 2. The van der Waals surface area contributed by atoms with Crippen LogP contribution in [0.15, 0.2) is 36.7 Å². The van der Waals surface area contributed by atoms with E-state index in [1.165, 1.54) is 6.42 Å². The highest BCUT2D eigenvalue weighted by Crippen LogP contribution is 2.09. The predicted octanol–water partition coefficient (Wildman–Crippen LogP) is 3.47. The molecular formula is C14H17N3. The molecule has 3 nitrogen and oxygen atoms in total. The fourth-order valence-electron chi connectivity index (χ4n) is 1.27. The Morgan fingerprint density at radius 1 is 1.35 bits per heavy atom. The van der Waals surface area contributed by atoms with Crippen LogP contribution in [0.1, 0.15) is 31.4 Å². The maximum Gasteiger partial charge on any atom is 0.0992 e. The molecule has 2 aromatic rings. The molecule has 3 heteroatoms. The third-order valence-electron chi connectivity index (χ3n) is 1.95. The molecule has 0 saturated carbocycles. The molecule has 0 spiro atoms. The van der Waals surface area contributed by atoms with Crippen LogP contribution < -0.4 is 0 Å². The van der Waals surface area contributed by atoms with E-state index < -0.39 is 0 Å². The van der Waals surface area contributed by atoms with E-state index in [1.54, 1.807) is 16.9 Å². The number of nitrogens with zero attached hydrogens (tertiary/aromatic N) is 3. The Balaban J connectivity index is 0.000000437. The Bertz CT molecular complexity index is 506. The van der Waals surface area contributed by atoms with Crippen LogP contribution in [-0.2, 0) is 0 Å². The van der Waals surface area contributed by atoms with Gasteiger partial charge in [-0.15, -0.1) is 0 Å². The van der Waals surface area contributed by atoms with Gasteiger partial charge in [0.1, 0.15) is 0 Å². The molecule has 2 rings (SSSR count). The first-order chi connectivity index (χ1) is 8.21. The Hall–Kier alpha value is -2.08. The molecule has 0 aliphatic rings. The number of hydrogen-bond acceptors (Lipinski definition) is 2. The summed E-state index contributed by atoms with van der Waals surface area (Å²) in [5.74, 6) is 0. The lowest BCUT2D eigenvalue weighted by Crippen LogP contribution is -1.93. The molecule has 0 radical (unpaired) electrons. The van der Waals surface area contributed by atoms with Gasteiger partial charge in [-0.1, -0.05) is 26.3 Å². The molecular weight excluding hydrogens is 210 g/mol. The van der Waals surface area contributed by atoms with Gasteiger partial charge in [-0.05, 0) is 30.7 Å². The molecule has 0 aliphatic carbocycles. The second-order valence-corrected chi connectivity index (χ2v) is 3.83. The molecule has 0 unspecified atom stereocenters. The van der Waals surface area contributed by atoms with Gasteiger partial charge in [0.05, 0.1) is 23.5 Å². The van der Waals surface area contributed by atoms with E-state index in [0.717, 1.165) is 11.3 Å². The van der Waals surface area contributed by atoms with Crippen LogP contribution in [-0.4, -0.2) is 9.78 Å². The molecule has 1 aromatic carbocycles. The standard InChI is InChI=1S/C11H9N3.C3H8/c1-9-7-13-14(8-9)11-4-2-3-10(5-11)6-12;1-3-2/h2-5,7-8H,1H3;3H2,1-2H3. The first kappa shape index (κ1) is 13.0. The van der Waals surface area contributed by atoms with Crippen LogP contribution in [0.3, 0.4) is 0 Å². The maximum absolute atomic E-state index is 8.73. The lowest BCUT2D eigenvalue weighted by Gasteiger charge is -2.00. The van der Waals surface area contributed by atoms with Crippen molar-refractivity contribution in [1.82, 2.24) is 9.78 Å². The minimum Gasteiger partial charge on any atom is -0.241 e. The monoisotopic (exact) mass is 227 g/mol. The van der Waals surface area contributed by atoms with Crippen molar-refractivity contribution < 1.29 is 0 Å². The van der Waals surface area contributed by atoms with Crippen molar-refractivity contribution in [2.45, 2.75) is 27.2 Å². The van der Waals surface area contributed by atoms with Gasteiger partial charge < -0.3 is 0 Å². The van der Waals surface area contributed by atoms with Crippen LogP contribution in [0.5, 0.6) is 0 Å². The molecule has 0 aliphatic heterocycles. The van der Waals surface area contributed by atoms with E-state index in [-0.39, 0.29) is 0 Å². The fraction of sp³-hybridized carbons (Fsp3) is 0.286. The van der Waals surface area contributed by atoms with Crippen molar-refractivity contribution >= 4 is 0 Å². The highest BCUT2D eigenvalue weighted by atomic mass is 15.3. The first-order valence-electron chi connectivity index (χ1n) is 5.73. The van der Waals surface area contributed by atoms with Gasteiger partial charge in [-0.25, -0.2) is 4.68 Å². The number of benzene rings is 1. The number of aryl methyl sites for hydroxylation is 1. The zero-order valence-electron chi connectivity index (χ0n) is 10.5. The third kappa shape index (κ3) is 3.76. The van der Waals surface area contributed by atoms with Gasteiger partial charge in [-0.2, -0.15) is 10.4 Å². The molecule has 1 aromatic heterocycles. The van der Waals surface area contributed by atoms with Crippen LogP contribution in [0.25, 0.3) is 5.69 Å². The summed E-state index contributed by atoms with van der Waals surface area (Å²) in [4.78, 5) is 0. The lowest BCUT2D eigenvalue weighted by molar-refractivity contribution is 0.880. The highest BCUT2D eigenvalue weighted by molar-refractivity contribution is 5.40.